The quantitative estimate of drug-likeness (QED) is 0.160. The van der Waals surface area contributed by atoms with Crippen LogP contribution in [0.15, 0.2) is 33.8 Å². The van der Waals surface area contributed by atoms with Crippen molar-refractivity contribution in [2.75, 3.05) is 52.4 Å². The van der Waals surface area contributed by atoms with Crippen LogP contribution in [-0.4, -0.2) is 99.7 Å². The SMILES string of the molecule is CC1=CC([Si](C)(C)N2CCCN3CCCN=C32)C=C1.CC1CCC([Si](C)(C)N2CCCN3CCCN=C32)C1.F.[3HH].[3HH].[3HH].[3HH].[CH3-].[Cl][Cr][Cl].[F][Cr]([F])([F])([Cl])([Cl])[Cl]. The molecule has 0 N–H and O–H groups in total. The Kier molecular flexibility index (Phi) is 18.5. The van der Waals surface area contributed by atoms with E-state index in [-0.39, 0.29) is 31.2 Å². The molecule has 6 nitrogen and oxygen atoms in total. The molecule has 0 spiro atoms. The molecule has 0 aromatic carbocycles. The maximum atomic E-state index is 11.2. The van der Waals surface area contributed by atoms with Gasteiger partial charge in [-0.25, -0.2) is 0 Å². The molecule has 6 rings (SSSR count). The first-order chi connectivity index (χ1) is 22.0. The summed E-state index contributed by atoms with van der Waals surface area (Å²) in [5, 5.41) is 0. The molecule has 0 radical (unpaired) electrons. The minimum absolute atomic E-state index is 0. The van der Waals surface area contributed by atoms with E-state index in [9.17, 15) is 10.6 Å². The summed E-state index contributed by atoms with van der Waals surface area (Å²) in [7, 11) is 9.95. The summed E-state index contributed by atoms with van der Waals surface area (Å²) in [4.78, 5) is 14.8. The average Bonchev–Trinajstić information content (AvgIpc) is 3.65. The van der Waals surface area contributed by atoms with Crippen molar-refractivity contribution in [1.82, 2.24) is 18.9 Å². The van der Waals surface area contributed by atoms with E-state index in [1.165, 1.54) is 102 Å². The van der Waals surface area contributed by atoms with Gasteiger partial charge in [0.05, 0.1) is 0 Å². The second-order valence-electron chi connectivity index (χ2n) is 14.7. The van der Waals surface area contributed by atoms with Crippen LogP contribution in [0.25, 0.3) is 0 Å². The molecule has 3 atom stereocenters. The van der Waals surface area contributed by atoms with E-state index in [0.717, 1.165) is 24.5 Å². The molecule has 3 fully saturated rings. The fourth-order valence-electron chi connectivity index (χ4n) is 7.69. The third-order valence-corrected chi connectivity index (χ3v) is 18.4. The molecule has 304 valence electrons. The minimum atomic E-state index is -8.04. The zero-order valence-corrected chi connectivity index (χ0v) is 38.8. The number of hydrogen-bond donors (Lipinski definition) is 0. The Balaban J connectivity index is -0.000000342. The van der Waals surface area contributed by atoms with Crippen molar-refractivity contribution in [3.63, 3.8) is 0 Å². The Hall–Kier alpha value is 0.689. The van der Waals surface area contributed by atoms with Crippen molar-refractivity contribution in [2.45, 2.75) is 96.1 Å². The Morgan fingerprint density at radius 2 is 1.22 bits per heavy atom. The molecule has 0 amide bonds. The van der Waals surface area contributed by atoms with Gasteiger partial charge in [-0.1, -0.05) is 69.8 Å². The van der Waals surface area contributed by atoms with Crippen molar-refractivity contribution in [3.8, 4) is 0 Å². The summed E-state index contributed by atoms with van der Waals surface area (Å²) in [6, 6.07) is 0. The van der Waals surface area contributed by atoms with Gasteiger partial charge in [0.1, 0.15) is 0 Å². The van der Waals surface area contributed by atoms with Gasteiger partial charge in [-0.3, -0.25) is 14.7 Å². The number of rotatable bonds is 4. The van der Waals surface area contributed by atoms with Gasteiger partial charge in [-0.2, -0.15) is 0 Å². The van der Waals surface area contributed by atoms with Crippen molar-refractivity contribution in [1.29, 1.82) is 0 Å². The van der Waals surface area contributed by atoms with Gasteiger partial charge in [0.2, 0.25) is 0 Å². The predicted molar refractivity (Wildman–Crippen MR) is 218 cm³/mol. The molecule has 6 aliphatic rings. The third kappa shape index (κ3) is 15.4. The van der Waals surface area contributed by atoms with E-state index >= 15 is 0 Å². The molecule has 1 saturated carbocycles. The van der Waals surface area contributed by atoms with E-state index in [4.69, 9.17) is 30.1 Å². The van der Waals surface area contributed by atoms with Crippen LogP contribution in [0.1, 0.15) is 64.5 Å². The standard InChI is InChI=1S/C15H29N3Si.C15H25N3Si.CH3.5ClH.2Cr.4FH.4H2/c2*1-13-6-7-14(12-13)19(2,3)18-11-5-10-17-9-4-8-16-15(17)18;;;;;;;;;;;;;;;;/h13-14H,4-12H2,1-3H3;6-7,12,14H,4-5,8-11H2,1-3H3;1H3;5*1H;;;8*1H/q;;-1;;;;;;+2;+6;;;;;;;;/p-8/i;;;;;;;;;;;;;;4*1+2. The van der Waals surface area contributed by atoms with E-state index < -0.39 is 26.0 Å². The zero-order valence-electron chi connectivity index (χ0n) is 30.5. The Labute approximate surface area is 334 Å². The number of fused-ring (bicyclic) bond motifs is 2. The summed E-state index contributed by atoms with van der Waals surface area (Å²) < 4.78 is 39.0. The number of halogens is 9. The van der Waals surface area contributed by atoms with Crippen molar-refractivity contribution in [2.24, 2.45) is 15.9 Å². The van der Waals surface area contributed by atoms with Crippen LogP contribution in [0.4, 0.5) is 15.3 Å². The number of hydrogen-bond acceptors (Lipinski definition) is 6. The zero-order chi connectivity index (χ0) is 36.0. The van der Waals surface area contributed by atoms with E-state index in [1.807, 2.05) is 0 Å². The van der Waals surface area contributed by atoms with E-state index in [2.05, 4.69) is 107 Å². The molecule has 2 aliphatic carbocycles. The van der Waals surface area contributed by atoms with Gasteiger partial charge in [0.25, 0.3) is 0 Å². The monoisotopic (exact) mass is 941 g/mol. The van der Waals surface area contributed by atoms with Gasteiger partial charge in [-0.15, -0.1) is 0 Å². The summed E-state index contributed by atoms with van der Waals surface area (Å²) in [5.74, 6) is 3.63. The van der Waals surface area contributed by atoms with Crippen LogP contribution in [0.2, 0.25) is 37.3 Å². The molecule has 3 unspecified atom stereocenters. The van der Waals surface area contributed by atoms with Crippen molar-refractivity contribution >= 4 is 78.6 Å². The van der Waals surface area contributed by atoms with Gasteiger partial charge >= 0.3 is 83.7 Å². The summed E-state index contributed by atoms with van der Waals surface area (Å²) in [5.41, 5.74) is 3.04. The second-order valence-corrected chi connectivity index (χ2v) is 38.8. The van der Waals surface area contributed by atoms with Gasteiger partial charge in [0.15, 0.2) is 28.4 Å². The molecule has 19 heteroatoms. The number of guanidine groups is 2. The molecule has 0 bridgehead atoms. The number of aliphatic imine (C=N–C) groups is 2. The van der Waals surface area contributed by atoms with Crippen molar-refractivity contribution < 1.29 is 43.9 Å². The van der Waals surface area contributed by atoms with Crippen LogP contribution in [0, 0.1) is 13.3 Å². The molecule has 50 heavy (non-hydrogen) atoms. The first-order valence-corrected chi connectivity index (χ1v) is 33.2. The fourth-order valence-corrected chi connectivity index (χ4v) is 14.5. The summed E-state index contributed by atoms with van der Waals surface area (Å²) in [6.45, 7) is 24.2. The first-order valence-electron chi connectivity index (χ1n) is 16.9. The normalized spacial score (nSPS) is 26.2. The Bertz CT molecular complexity index is 1240. The molecule has 4 heterocycles. The molecule has 0 aromatic rings. The van der Waals surface area contributed by atoms with Gasteiger partial charge in [0, 0.05) is 63.6 Å². The van der Waals surface area contributed by atoms with Crippen LogP contribution in [0.3, 0.4) is 0 Å². The molecular formula is C31H66Cl5Cr2F4N6Si2-. The molecule has 2 saturated heterocycles. The second kappa shape index (κ2) is 19.0. The number of nitrogens with zero attached hydrogens (tertiary/aromatic N) is 6. The molecule has 0 aromatic heterocycles. The fraction of sp³-hybridized carbons (Fsp3) is 0.774. The summed E-state index contributed by atoms with van der Waals surface area (Å²) >= 11 is -0.181. The van der Waals surface area contributed by atoms with E-state index in [1.54, 1.807) is 0 Å². The van der Waals surface area contributed by atoms with Crippen LogP contribution < -0.4 is 0 Å². The maximum absolute atomic E-state index is 11.2. The van der Waals surface area contributed by atoms with Gasteiger partial charge < -0.3 is 26.4 Å². The first kappa shape index (κ1) is 48.7. The Morgan fingerprint density at radius 3 is 1.60 bits per heavy atom. The number of allylic oxidation sites excluding steroid dienone is 4. The van der Waals surface area contributed by atoms with Gasteiger partial charge in [-0.05, 0) is 50.5 Å². The van der Waals surface area contributed by atoms with Crippen LogP contribution >= 0.6 is 50.2 Å². The predicted octanol–water partition coefficient (Wildman–Crippen LogP) is 12.3. The van der Waals surface area contributed by atoms with E-state index in [0.29, 0.717) is 5.54 Å². The topological polar surface area (TPSA) is 37.7 Å². The Morgan fingerprint density at radius 1 is 0.800 bits per heavy atom. The summed E-state index contributed by atoms with van der Waals surface area (Å²) in [6.07, 6.45) is 16.6. The average molecular weight is 944 g/mol. The molecule has 4 aliphatic heterocycles. The van der Waals surface area contributed by atoms with Crippen LogP contribution in [0.5, 0.6) is 0 Å². The molecular weight excluding hydrogens is 870 g/mol. The van der Waals surface area contributed by atoms with Crippen molar-refractivity contribution in [3.05, 3.63) is 31.2 Å². The third-order valence-electron chi connectivity index (χ3n) is 10.3. The van der Waals surface area contributed by atoms with Crippen LogP contribution in [-0.2, 0) is 22.9 Å².